The van der Waals surface area contributed by atoms with Crippen LogP contribution in [-0.2, 0) is 11.8 Å². The molecule has 0 amide bonds. The summed E-state index contributed by atoms with van der Waals surface area (Å²) in [6, 6.07) is 10.8. The standard InChI is InChI=1S/C24H37N7O/c1-25-24(31-16-17-32-23(20-31)21-18-27-28(2)19-21)26-10-6-7-11-29-12-14-30(15-13-29)22-8-4-3-5-9-22/h3-5,8-9,18-19,23H,6-7,10-17,20H2,1-2H3,(H,25,26). The van der Waals surface area contributed by atoms with Crippen LogP contribution >= 0.6 is 0 Å². The maximum atomic E-state index is 5.96. The van der Waals surface area contributed by atoms with Gasteiger partial charge in [-0.05, 0) is 31.5 Å². The fourth-order valence-corrected chi connectivity index (χ4v) is 4.51. The fraction of sp³-hybridized carbons (Fsp3) is 0.583. The minimum Gasteiger partial charge on any atom is -0.370 e. The second-order valence-electron chi connectivity index (χ2n) is 8.60. The molecule has 0 spiro atoms. The van der Waals surface area contributed by atoms with Gasteiger partial charge in [0.25, 0.3) is 0 Å². The quantitative estimate of drug-likeness (QED) is 0.404. The SMILES string of the molecule is CN=C(NCCCCN1CCN(c2ccccc2)CC1)N1CCOC(c2cnn(C)c2)C1. The molecule has 1 unspecified atom stereocenters. The van der Waals surface area contributed by atoms with Gasteiger partial charge >= 0.3 is 0 Å². The first-order valence-corrected chi connectivity index (χ1v) is 11.8. The molecule has 2 aromatic rings. The van der Waals surface area contributed by atoms with Crippen LogP contribution in [0.1, 0.15) is 24.5 Å². The van der Waals surface area contributed by atoms with E-state index < -0.39 is 0 Å². The van der Waals surface area contributed by atoms with Crippen molar-refractivity contribution in [1.29, 1.82) is 0 Å². The molecule has 1 atom stereocenters. The largest absolute Gasteiger partial charge is 0.370 e. The van der Waals surface area contributed by atoms with Gasteiger partial charge in [0.1, 0.15) is 6.10 Å². The van der Waals surface area contributed by atoms with E-state index in [2.05, 4.69) is 60.4 Å². The second-order valence-corrected chi connectivity index (χ2v) is 8.60. The van der Waals surface area contributed by atoms with E-state index >= 15 is 0 Å². The molecule has 0 aliphatic carbocycles. The molecule has 32 heavy (non-hydrogen) atoms. The van der Waals surface area contributed by atoms with E-state index in [-0.39, 0.29) is 6.10 Å². The summed E-state index contributed by atoms with van der Waals surface area (Å²) in [5.41, 5.74) is 2.47. The molecular formula is C24H37N7O. The summed E-state index contributed by atoms with van der Waals surface area (Å²) in [4.78, 5) is 11.9. The van der Waals surface area contributed by atoms with Crippen molar-refractivity contribution in [3.05, 3.63) is 48.3 Å². The first kappa shape index (κ1) is 22.6. The Morgan fingerprint density at radius 3 is 2.66 bits per heavy atom. The van der Waals surface area contributed by atoms with E-state index in [0.717, 1.165) is 63.8 Å². The number of rotatable bonds is 7. The Kier molecular flexibility index (Phi) is 8.01. The van der Waals surface area contributed by atoms with Gasteiger partial charge in [0.05, 0.1) is 19.3 Å². The highest BCUT2D eigenvalue weighted by molar-refractivity contribution is 5.80. The highest BCUT2D eigenvalue weighted by atomic mass is 16.5. The maximum absolute atomic E-state index is 5.96. The number of hydrogen-bond donors (Lipinski definition) is 1. The topological polar surface area (TPSA) is 61.2 Å². The number of para-hydroxylation sites is 1. The summed E-state index contributed by atoms with van der Waals surface area (Å²) in [6.45, 7) is 9.01. The van der Waals surface area contributed by atoms with Gasteiger partial charge in [0.15, 0.2) is 5.96 Å². The molecule has 2 aliphatic rings. The first-order chi connectivity index (χ1) is 15.7. The molecule has 0 saturated carbocycles. The Bertz CT molecular complexity index is 845. The molecule has 1 aromatic carbocycles. The van der Waals surface area contributed by atoms with Crippen LogP contribution in [0.25, 0.3) is 0 Å². The molecule has 1 N–H and O–H groups in total. The summed E-state index contributed by atoms with van der Waals surface area (Å²) in [6.07, 6.45) is 6.32. The number of morpholine rings is 1. The third-order valence-electron chi connectivity index (χ3n) is 6.35. The van der Waals surface area contributed by atoms with Crippen LogP contribution in [0.2, 0.25) is 0 Å². The summed E-state index contributed by atoms with van der Waals surface area (Å²) in [7, 11) is 3.80. The predicted molar refractivity (Wildman–Crippen MR) is 129 cm³/mol. The number of benzene rings is 1. The van der Waals surface area contributed by atoms with E-state index in [1.54, 1.807) is 0 Å². The van der Waals surface area contributed by atoms with Crippen LogP contribution < -0.4 is 10.2 Å². The van der Waals surface area contributed by atoms with Gasteiger partial charge in [-0.2, -0.15) is 5.10 Å². The van der Waals surface area contributed by atoms with Crippen molar-refractivity contribution in [2.24, 2.45) is 12.0 Å². The Balaban J connectivity index is 1.13. The number of hydrogen-bond acceptors (Lipinski definition) is 5. The van der Waals surface area contributed by atoms with Crippen molar-refractivity contribution in [3.63, 3.8) is 0 Å². The monoisotopic (exact) mass is 439 g/mol. The number of aliphatic imine (C=N–C) groups is 1. The molecule has 3 heterocycles. The molecule has 8 nitrogen and oxygen atoms in total. The number of unbranched alkanes of at least 4 members (excludes halogenated alkanes) is 1. The Morgan fingerprint density at radius 1 is 1.12 bits per heavy atom. The molecule has 0 radical (unpaired) electrons. The molecule has 2 saturated heterocycles. The molecule has 2 aliphatic heterocycles. The van der Waals surface area contributed by atoms with E-state index in [1.165, 1.54) is 18.7 Å². The van der Waals surface area contributed by atoms with Crippen molar-refractivity contribution in [1.82, 2.24) is 24.9 Å². The average Bonchev–Trinajstić information content (AvgIpc) is 3.29. The number of guanidine groups is 1. The summed E-state index contributed by atoms with van der Waals surface area (Å²) < 4.78 is 7.79. The molecule has 1 aromatic heterocycles. The smallest absolute Gasteiger partial charge is 0.193 e. The van der Waals surface area contributed by atoms with Crippen LogP contribution in [0.3, 0.4) is 0 Å². The minimum absolute atomic E-state index is 0.0468. The Labute approximate surface area is 191 Å². The molecule has 0 bridgehead atoms. The van der Waals surface area contributed by atoms with Gasteiger partial charge in [-0.15, -0.1) is 0 Å². The number of nitrogens with zero attached hydrogens (tertiary/aromatic N) is 6. The number of aromatic nitrogens is 2. The van der Waals surface area contributed by atoms with Crippen LogP contribution in [0, 0.1) is 0 Å². The number of anilines is 1. The maximum Gasteiger partial charge on any atom is 0.193 e. The molecule has 174 valence electrons. The van der Waals surface area contributed by atoms with Crippen LogP contribution in [0.4, 0.5) is 5.69 Å². The van der Waals surface area contributed by atoms with Crippen molar-refractivity contribution in [2.45, 2.75) is 18.9 Å². The summed E-state index contributed by atoms with van der Waals surface area (Å²) >= 11 is 0. The zero-order valence-electron chi connectivity index (χ0n) is 19.5. The zero-order valence-corrected chi connectivity index (χ0v) is 19.5. The molecule has 2 fully saturated rings. The summed E-state index contributed by atoms with van der Waals surface area (Å²) in [5, 5.41) is 7.83. The predicted octanol–water partition coefficient (Wildman–Crippen LogP) is 1.97. The normalized spacial score (nSPS) is 20.6. The van der Waals surface area contributed by atoms with E-state index in [1.807, 2.05) is 31.2 Å². The third-order valence-corrected chi connectivity index (χ3v) is 6.35. The van der Waals surface area contributed by atoms with Crippen molar-refractivity contribution in [2.75, 3.05) is 70.9 Å². The Morgan fingerprint density at radius 2 is 1.94 bits per heavy atom. The number of aryl methyl sites for hydroxylation is 1. The van der Waals surface area contributed by atoms with Gasteiger partial charge in [-0.1, -0.05) is 18.2 Å². The molecular weight excluding hydrogens is 402 g/mol. The lowest BCUT2D eigenvalue weighted by Crippen LogP contribution is -2.48. The molecule has 8 heteroatoms. The Hall–Kier alpha value is -2.58. The van der Waals surface area contributed by atoms with E-state index in [0.29, 0.717) is 6.61 Å². The average molecular weight is 440 g/mol. The van der Waals surface area contributed by atoms with Crippen LogP contribution in [0.15, 0.2) is 47.7 Å². The number of ether oxygens (including phenoxy) is 1. The lowest BCUT2D eigenvalue weighted by atomic mass is 10.1. The van der Waals surface area contributed by atoms with Crippen LogP contribution in [-0.4, -0.2) is 91.6 Å². The lowest BCUT2D eigenvalue weighted by Gasteiger charge is -2.36. The summed E-state index contributed by atoms with van der Waals surface area (Å²) in [5.74, 6) is 0.971. The van der Waals surface area contributed by atoms with Gasteiger partial charge in [0.2, 0.25) is 0 Å². The highest BCUT2D eigenvalue weighted by Crippen LogP contribution is 2.21. The van der Waals surface area contributed by atoms with E-state index in [4.69, 9.17) is 4.74 Å². The van der Waals surface area contributed by atoms with Gasteiger partial charge < -0.3 is 19.9 Å². The highest BCUT2D eigenvalue weighted by Gasteiger charge is 2.25. The van der Waals surface area contributed by atoms with Crippen molar-refractivity contribution in [3.8, 4) is 0 Å². The van der Waals surface area contributed by atoms with Gasteiger partial charge in [-0.3, -0.25) is 14.6 Å². The van der Waals surface area contributed by atoms with Gasteiger partial charge in [0, 0.05) is 70.8 Å². The van der Waals surface area contributed by atoms with Crippen molar-refractivity contribution < 1.29 is 4.74 Å². The van der Waals surface area contributed by atoms with Gasteiger partial charge in [-0.25, -0.2) is 0 Å². The minimum atomic E-state index is 0.0468. The fourth-order valence-electron chi connectivity index (χ4n) is 4.51. The molecule has 4 rings (SSSR count). The van der Waals surface area contributed by atoms with E-state index in [9.17, 15) is 0 Å². The zero-order chi connectivity index (χ0) is 22.2. The third kappa shape index (κ3) is 6.01. The van der Waals surface area contributed by atoms with Crippen LogP contribution in [0.5, 0.6) is 0 Å². The van der Waals surface area contributed by atoms with Crippen molar-refractivity contribution >= 4 is 11.6 Å². The lowest BCUT2D eigenvalue weighted by molar-refractivity contribution is -0.00802. The number of piperazine rings is 1. The number of nitrogens with one attached hydrogen (secondary N) is 1. The second kappa shape index (κ2) is 11.3. The first-order valence-electron chi connectivity index (χ1n) is 11.8.